The highest BCUT2D eigenvalue weighted by Gasteiger charge is 2.46. The Morgan fingerprint density at radius 3 is 0.856 bits per heavy atom. The van der Waals surface area contributed by atoms with Gasteiger partial charge in [-0.2, -0.15) is 0 Å². The lowest BCUT2D eigenvalue weighted by Crippen LogP contribution is -2.32. The number of aromatic carboxylic acids is 3. The Hall–Kier alpha value is -13.6. The molecule has 9 heterocycles. The van der Waals surface area contributed by atoms with Crippen LogP contribution in [0.3, 0.4) is 0 Å². The first-order valence-electron chi connectivity index (χ1n) is 41.7. The van der Waals surface area contributed by atoms with Gasteiger partial charge in [-0.05, 0) is 200 Å². The molecule has 12 aromatic carbocycles. The van der Waals surface area contributed by atoms with Crippen LogP contribution < -0.4 is 28.4 Å². The van der Waals surface area contributed by atoms with Gasteiger partial charge in [0.1, 0.15) is 69.8 Å². The number of carbonyl (C=O) groups is 3. The highest BCUT2D eigenvalue weighted by molar-refractivity contribution is 6.31. The summed E-state index contributed by atoms with van der Waals surface area (Å²) >= 11 is 17.7. The third-order valence-corrected chi connectivity index (χ3v) is 24.8. The van der Waals surface area contributed by atoms with E-state index in [9.17, 15) is 42.9 Å². The first kappa shape index (κ1) is 87.7. The summed E-state index contributed by atoms with van der Waals surface area (Å²) in [4.78, 5) is 48.7. The van der Waals surface area contributed by atoms with Crippen molar-refractivity contribution in [3.63, 3.8) is 0 Å². The minimum atomic E-state index is -1.56. The smallest absolute Gasteiger partial charge is 0.335 e. The van der Waals surface area contributed by atoms with Crippen molar-refractivity contribution in [2.24, 2.45) is 0 Å². The number of carboxylic acid groups (broad SMARTS) is 3. The summed E-state index contributed by atoms with van der Waals surface area (Å²) in [5.41, 5.74) is 4.63. The van der Waals surface area contributed by atoms with Gasteiger partial charge in [0.25, 0.3) is 17.4 Å². The molecule has 6 aliphatic heterocycles. The van der Waals surface area contributed by atoms with Crippen molar-refractivity contribution in [3.05, 3.63) is 335 Å². The van der Waals surface area contributed by atoms with E-state index in [0.29, 0.717) is 90.0 Å². The minimum Gasteiger partial charge on any atom is -0.478 e. The topological polar surface area (TPSA) is 248 Å². The number of benzene rings is 12. The summed E-state index contributed by atoms with van der Waals surface area (Å²) in [6, 6.07) is 47.0. The van der Waals surface area contributed by atoms with Crippen LogP contribution in [0.15, 0.2) is 200 Å². The van der Waals surface area contributed by atoms with Crippen molar-refractivity contribution in [2.45, 2.75) is 115 Å². The van der Waals surface area contributed by atoms with Crippen LogP contribution in [0.25, 0.3) is 66.5 Å². The second-order valence-corrected chi connectivity index (χ2v) is 34.1. The van der Waals surface area contributed by atoms with E-state index in [4.69, 9.17) is 77.4 Å². The molecule has 0 spiro atoms. The molecule has 3 saturated heterocycles. The highest BCUT2D eigenvalue weighted by atomic mass is 35.5. The molecule has 0 aliphatic carbocycles. The Labute approximate surface area is 759 Å². The Morgan fingerprint density at radius 1 is 0.341 bits per heavy atom. The molecule has 0 saturated carbocycles. The number of carboxylic acids is 3. The second kappa shape index (κ2) is 34.6. The maximum Gasteiger partial charge on any atom is 0.335 e. The van der Waals surface area contributed by atoms with E-state index >= 15 is 26.3 Å². The number of fused-ring (bicyclic) bond motifs is 6. The molecule has 0 bridgehead atoms. The lowest BCUT2D eigenvalue weighted by atomic mass is 10.00. The van der Waals surface area contributed by atoms with Crippen molar-refractivity contribution in [1.82, 2.24) is 28.7 Å². The van der Waals surface area contributed by atoms with Crippen molar-refractivity contribution in [2.75, 3.05) is 19.8 Å². The molecule has 6 atom stereocenters. The molecule has 0 amide bonds. The number of para-hydroxylation sites is 3. The molecular weight excluding hydrogens is 1790 g/mol. The number of imidazole rings is 3. The van der Waals surface area contributed by atoms with Gasteiger partial charge in [-0.15, -0.1) is 0 Å². The SMILES string of the molecule is CC1(c2ccc(Cl)cc2F)Oc2cccc(-c3cc(F)c(Cc4nc5ccc(C(=O)O)cc5n4C[C@@H]4CCO4)cc3F)c2O1.CC1(c2ccc(Cl)cc2F)Oc2cccc(-c3cc(F)c(Cc4nc5ccc(C(=O)O)cc5n4C[C@@H]4CCO4)cc3F)c2O1.CC1(c2ccc(Cl)cc2F)Oc2cccc(-c3cc(F)c(Cc4nc5ccc(C(=O)O)cc5n4C[C@@H]4CCO4)cc3F)c2O1. The number of rotatable bonds is 21. The van der Waals surface area contributed by atoms with Crippen molar-refractivity contribution >= 4 is 85.8 Å². The quantitative estimate of drug-likeness (QED) is 0.0566. The van der Waals surface area contributed by atoms with Crippen LogP contribution in [0, 0.1) is 52.4 Å². The van der Waals surface area contributed by atoms with E-state index in [-0.39, 0.29) is 171 Å². The lowest BCUT2D eigenvalue weighted by Gasteiger charge is -2.27. The first-order valence-corrected chi connectivity index (χ1v) is 42.8. The predicted octanol–water partition coefficient (Wildman–Crippen LogP) is 22.5. The number of ether oxygens (including phenoxy) is 9. The van der Waals surface area contributed by atoms with Crippen molar-refractivity contribution in [1.29, 1.82) is 0 Å². The molecular formula is C99H72Cl3F9N6O15. The van der Waals surface area contributed by atoms with E-state index in [0.717, 1.165) is 73.9 Å². The number of nitrogens with zero attached hydrogens (tertiary/aromatic N) is 6. The summed E-state index contributed by atoms with van der Waals surface area (Å²) in [6.07, 6.45) is 2.08. The van der Waals surface area contributed by atoms with E-state index < -0.39 is 87.6 Å². The molecule has 132 heavy (non-hydrogen) atoms. The molecule has 6 aliphatic rings. The summed E-state index contributed by atoms with van der Waals surface area (Å²) in [5, 5.41) is 29.1. The molecule has 15 aromatic rings. The Bertz CT molecular complexity index is 6600. The van der Waals surface area contributed by atoms with Crippen LogP contribution in [0.4, 0.5) is 39.5 Å². The maximum absolute atomic E-state index is 15.8. The standard InChI is InChI=1S/3C33H24ClF3N2O5/c3*1-33(23-7-6-19(34)14-26(23)37)43-29-4-2-3-21(31(29)44-33)22-15-24(35)18(11-25(22)36)13-30-38-27-8-5-17(32(40)41)12-28(27)39(30)16-20-9-10-42-20/h3*2-8,11-12,14-15,20H,9-10,13,16H2,1H3,(H,40,41)/t3*20-,33?/m000/s1. The third-order valence-electron chi connectivity index (χ3n) is 24.1. The van der Waals surface area contributed by atoms with Gasteiger partial charge in [0.2, 0.25) is 0 Å². The number of aromatic nitrogens is 6. The average molecular weight is 1860 g/mol. The fourth-order valence-corrected chi connectivity index (χ4v) is 17.5. The molecule has 3 N–H and O–H groups in total. The normalized spacial score (nSPS) is 18.9. The fourth-order valence-electron chi connectivity index (χ4n) is 17.1. The van der Waals surface area contributed by atoms with Gasteiger partial charge in [-0.1, -0.05) is 71.2 Å². The molecule has 3 aromatic heterocycles. The molecule has 3 unspecified atom stereocenters. The van der Waals surface area contributed by atoms with E-state index in [1.807, 2.05) is 13.7 Å². The van der Waals surface area contributed by atoms with Crippen LogP contribution in [0.2, 0.25) is 15.1 Å². The van der Waals surface area contributed by atoms with Gasteiger partial charge in [-0.3, -0.25) is 0 Å². The second-order valence-electron chi connectivity index (χ2n) is 32.8. The molecule has 0 radical (unpaired) electrons. The van der Waals surface area contributed by atoms with Crippen LogP contribution in [0.5, 0.6) is 34.5 Å². The van der Waals surface area contributed by atoms with Gasteiger partial charge in [0.05, 0.1) is 104 Å². The zero-order chi connectivity index (χ0) is 92.2. The molecule has 21 rings (SSSR count). The van der Waals surface area contributed by atoms with Crippen molar-refractivity contribution in [3.8, 4) is 67.9 Å². The predicted molar refractivity (Wildman–Crippen MR) is 467 cm³/mol. The number of hydrogen-bond acceptors (Lipinski definition) is 15. The van der Waals surface area contributed by atoms with Gasteiger partial charge in [0, 0.05) is 108 Å². The Kier molecular flexibility index (Phi) is 23.0. The Balaban J connectivity index is 0.000000128. The van der Waals surface area contributed by atoms with Crippen LogP contribution in [0.1, 0.15) is 122 Å². The first-order chi connectivity index (χ1) is 63.3. The summed E-state index contributed by atoms with van der Waals surface area (Å²) in [7, 11) is 0. The van der Waals surface area contributed by atoms with Gasteiger partial charge in [-0.25, -0.2) is 68.8 Å². The van der Waals surface area contributed by atoms with E-state index in [2.05, 4.69) is 15.0 Å². The van der Waals surface area contributed by atoms with E-state index in [1.165, 1.54) is 93.6 Å². The molecule has 672 valence electrons. The number of halogens is 12. The summed E-state index contributed by atoms with van der Waals surface area (Å²) in [6.45, 7) is 7.67. The maximum atomic E-state index is 15.8. The Morgan fingerprint density at radius 2 is 0.614 bits per heavy atom. The zero-order valence-electron chi connectivity index (χ0n) is 69.7. The average Bonchev–Trinajstić information content (AvgIpc) is 1.60. The molecule has 33 heteroatoms. The third kappa shape index (κ3) is 16.7. The van der Waals surface area contributed by atoms with Gasteiger partial charge in [0.15, 0.2) is 34.5 Å². The molecule has 3 fully saturated rings. The highest BCUT2D eigenvalue weighted by Crippen LogP contribution is 2.54. The summed E-state index contributed by atoms with van der Waals surface area (Å²) in [5.74, 6) is -11.4. The van der Waals surface area contributed by atoms with Crippen molar-refractivity contribution < 1.29 is 112 Å². The van der Waals surface area contributed by atoms with Crippen LogP contribution in [-0.4, -0.2) is 100 Å². The molecule has 21 nitrogen and oxygen atoms in total. The largest absolute Gasteiger partial charge is 0.478 e. The van der Waals surface area contributed by atoms with Gasteiger partial charge >= 0.3 is 17.9 Å². The monoisotopic (exact) mass is 1860 g/mol. The van der Waals surface area contributed by atoms with E-state index in [1.54, 1.807) is 72.8 Å². The van der Waals surface area contributed by atoms with Crippen LogP contribution in [-0.2, 0) is 70.5 Å². The minimum absolute atomic E-state index is 0.0484. The van der Waals surface area contributed by atoms with Crippen LogP contribution >= 0.6 is 34.8 Å². The lowest BCUT2D eigenvalue weighted by molar-refractivity contribution is -0.0709. The number of hydrogen-bond donors (Lipinski definition) is 3. The zero-order valence-corrected chi connectivity index (χ0v) is 72.0. The summed E-state index contributed by atoms with van der Waals surface area (Å²) < 4.78 is 197. The van der Waals surface area contributed by atoms with Gasteiger partial charge < -0.3 is 71.7 Å². The fraction of sp³-hybridized carbons (Fsp3) is 0.212.